The van der Waals surface area contributed by atoms with E-state index in [-0.39, 0.29) is 12.2 Å². The molecule has 2 aliphatic rings. The maximum absolute atomic E-state index is 12.5. The third-order valence-corrected chi connectivity index (χ3v) is 5.51. The predicted octanol–water partition coefficient (Wildman–Crippen LogP) is 3.30. The maximum atomic E-state index is 12.5. The van der Waals surface area contributed by atoms with Gasteiger partial charge in [0.2, 0.25) is 0 Å². The van der Waals surface area contributed by atoms with Gasteiger partial charge in [0, 0.05) is 19.6 Å². The van der Waals surface area contributed by atoms with Crippen molar-refractivity contribution >= 4 is 11.8 Å². The quantitative estimate of drug-likeness (QED) is 0.858. The third kappa shape index (κ3) is 4.54. The minimum Gasteiger partial charge on any atom is -0.490 e. The van der Waals surface area contributed by atoms with Crippen molar-refractivity contribution in [1.29, 1.82) is 0 Å². The van der Waals surface area contributed by atoms with Crippen molar-refractivity contribution in [3.63, 3.8) is 0 Å². The fourth-order valence-electron chi connectivity index (χ4n) is 4.02. The second-order valence-corrected chi connectivity index (χ2v) is 8.81. The zero-order valence-electron chi connectivity index (χ0n) is 17.9. The molecule has 0 radical (unpaired) electrons. The van der Waals surface area contributed by atoms with Gasteiger partial charge in [-0.05, 0) is 69.7 Å². The number of aliphatic hydroxyl groups excluding tert-OH is 1. The topological polar surface area (TPSA) is 62.2 Å². The first-order valence-corrected chi connectivity index (χ1v) is 10.4. The molecule has 2 aliphatic heterocycles. The van der Waals surface area contributed by atoms with E-state index < -0.39 is 5.60 Å². The average molecular weight is 391 g/mol. The smallest absolute Gasteiger partial charge is 0.410 e. The second-order valence-electron chi connectivity index (χ2n) is 8.81. The van der Waals surface area contributed by atoms with Gasteiger partial charge in [0.25, 0.3) is 0 Å². The molecule has 6 heteroatoms. The summed E-state index contributed by atoms with van der Waals surface area (Å²) in [6, 6.07) is 2.14. The van der Waals surface area contributed by atoms with Crippen LogP contribution in [0.5, 0.6) is 5.75 Å². The van der Waals surface area contributed by atoms with E-state index in [1.807, 2.05) is 32.6 Å². The van der Waals surface area contributed by atoms with E-state index in [2.05, 4.69) is 17.9 Å². The number of ether oxygens (including phenoxy) is 2. The van der Waals surface area contributed by atoms with Crippen molar-refractivity contribution in [1.82, 2.24) is 4.90 Å². The van der Waals surface area contributed by atoms with Crippen LogP contribution in [0.15, 0.2) is 6.07 Å². The number of aliphatic hydroxyl groups is 1. The number of anilines is 1. The number of carbonyl (C=O) groups excluding carboxylic acids is 1. The molecule has 1 aromatic rings. The molecular weight excluding hydrogens is 356 g/mol. The molecule has 1 aromatic carbocycles. The molecule has 1 amide bonds. The van der Waals surface area contributed by atoms with Crippen molar-refractivity contribution in [3.8, 4) is 5.75 Å². The van der Waals surface area contributed by atoms with E-state index in [4.69, 9.17) is 9.47 Å². The Balaban J connectivity index is 1.84. The van der Waals surface area contributed by atoms with Crippen molar-refractivity contribution < 1.29 is 19.4 Å². The van der Waals surface area contributed by atoms with Gasteiger partial charge in [-0.15, -0.1) is 0 Å². The van der Waals surface area contributed by atoms with Crippen LogP contribution in [0.3, 0.4) is 0 Å². The summed E-state index contributed by atoms with van der Waals surface area (Å²) in [6.45, 7) is 13.2. The highest BCUT2D eigenvalue weighted by atomic mass is 16.6. The normalized spacial score (nSPS) is 17.9. The highest BCUT2D eigenvalue weighted by Gasteiger charge is 2.29. The maximum Gasteiger partial charge on any atom is 0.410 e. The van der Waals surface area contributed by atoms with Crippen LogP contribution in [0.2, 0.25) is 0 Å². The molecular formula is C22H34N2O4. The molecule has 3 rings (SSSR count). The van der Waals surface area contributed by atoms with E-state index in [1.165, 1.54) is 16.7 Å². The summed E-state index contributed by atoms with van der Waals surface area (Å²) in [5.74, 6) is 0.900. The molecule has 1 N–H and O–H groups in total. The largest absolute Gasteiger partial charge is 0.490 e. The standard InChI is InChI=1S/C22H34N2O4/c1-6-17(25)14-24-11-12-27-19-13-16-7-9-23(21(26)28-22(3,4)5)10-8-18(16)15(2)20(19)24/h13,17,25H,6-12,14H2,1-5H3. The SMILES string of the molecule is CCC(O)CN1CCOc2cc3c(c(C)c21)CCN(C(=O)OC(C)(C)C)CC3. The zero-order valence-corrected chi connectivity index (χ0v) is 17.9. The molecule has 156 valence electrons. The number of carbonyl (C=O) groups is 1. The summed E-state index contributed by atoms with van der Waals surface area (Å²) in [4.78, 5) is 16.6. The Morgan fingerprint density at radius 1 is 1.29 bits per heavy atom. The average Bonchev–Trinajstić information content (AvgIpc) is 2.83. The number of β-amino-alcohol motifs (C(OH)–C–C–N with tert-alkyl or cyclic N) is 1. The Morgan fingerprint density at radius 3 is 2.68 bits per heavy atom. The van der Waals surface area contributed by atoms with Gasteiger partial charge < -0.3 is 24.4 Å². The number of hydrogen-bond donors (Lipinski definition) is 1. The number of amides is 1. The summed E-state index contributed by atoms with van der Waals surface area (Å²) in [5, 5.41) is 10.2. The zero-order chi connectivity index (χ0) is 20.5. The van der Waals surface area contributed by atoms with Gasteiger partial charge >= 0.3 is 6.09 Å². The molecule has 1 unspecified atom stereocenters. The lowest BCUT2D eigenvalue weighted by atomic mass is 9.94. The molecule has 0 bridgehead atoms. The van der Waals surface area contributed by atoms with Crippen molar-refractivity contribution in [3.05, 3.63) is 22.8 Å². The van der Waals surface area contributed by atoms with Gasteiger partial charge in [-0.25, -0.2) is 4.79 Å². The third-order valence-electron chi connectivity index (χ3n) is 5.51. The van der Waals surface area contributed by atoms with E-state index in [0.29, 0.717) is 26.2 Å². The molecule has 6 nitrogen and oxygen atoms in total. The molecule has 0 spiro atoms. The lowest BCUT2D eigenvalue weighted by Gasteiger charge is -2.35. The van der Waals surface area contributed by atoms with Gasteiger partial charge in [0.15, 0.2) is 0 Å². The van der Waals surface area contributed by atoms with E-state index in [0.717, 1.165) is 37.2 Å². The molecule has 0 fully saturated rings. The number of nitrogens with zero attached hydrogens (tertiary/aromatic N) is 2. The minimum atomic E-state index is -0.486. The van der Waals surface area contributed by atoms with Crippen molar-refractivity contribution in [2.45, 2.75) is 65.6 Å². The molecule has 0 saturated carbocycles. The van der Waals surface area contributed by atoms with E-state index in [9.17, 15) is 9.90 Å². The van der Waals surface area contributed by atoms with Crippen LogP contribution < -0.4 is 9.64 Å². The van der Waals surface area contributed by atoms with Crippen LogP contribution in [0.25, 0.3) is 0 Å². The van der Waals surface area contributed by atoms with Gasteiger partial charge in [-0.1, -0.05) is 6.92 Å². The Bertz CT molecular complexity index is 726. The Hall–Kier alpha value is -1.95. The summed E-state index contributed by atoms with van der Waals surface area (Å²) in [6.07, 6.45) is 1.75. The summed E-state index contributed by atoms with van der Waals surface area (Å²) in [5.41, 5.74) is 4.37. The monoisotopic (exact) mass is 390 g/mol. The van der Waals surface area contributed by atoms with Gasteiger partial charge in [0.1, 0.15) is 18.0 Å². The van der Waals surface area contributed by atoms with Crippen LogP contribution in [0.1, 0.15) is 50.8 Å². The summed E-state index contributed by atoms with van der Waals surface area (Å²) >= 11 is 0. The Kier molecular flexibility index (Phi) is 6.08. The lowest BCUT2D eigenvalue weighted by Crippen LogP contribution is -2.39. The number of benzene rings is 1. The van der Waals surface area contributed by atoms with Crippen molar-refractivity contribution in [2.75, 3.05) is 37.7 Å². The van der Waals surface area contributed by atoms with Gasteiger partial charge in [-0.2, -0.15) is 0 Å². The van der Waals surface area contributed by atoms with Crippen LogP contribution in [0.4, 0.5) is 10.5 Å². The van der Waals surface area contributed by atoms with Crippen LogP contribution in [-0.4, -0.2) is 60.6 Å². The first-order chi connectivity index (χ1) is 13.2. The van der Waals surface area contributed by atoms with Crippen molar-refractivity contribution in [2.24, 2.45) is 0 Å². The number of hydrogen-bond acceptors (Lipinski definition) is 5. The first kappa shape index (κ1) is 20.8. The Labute approximate surface area is 168 Å². The molecule has 0 aromatic heterocycles. The summed E-state index contributed by atoms with van der Waals surface area (Å²) < 4.78 is 11.5. The fraction of sp³-hybridized carbons (Fsp3) is 0.682. The molecule has 0 aliphatic carbocycles. The molecule has 1 atom stereocenters. The highest BCUT2D eigenvalue weighted by Crippen LogP contribution is 2.40. The van der Waals surface area contributed by atoms with Gasteiger partial charge in [0.05, 0.1) is 18.3 Å². The predicted molar refractivity (Wildman–Crippen MR) is 110 cm³/mol. The highest BCUT2D eigenvalue weighted by molar-refractivity contribution is 5.71. The number of rotatable bonds is 3. The molecule has 28 heavy (non-hydrogen) atoms. The van der Waals surface area contributed by atoms with Crippen LogP contribution in [-0.2, 0) is 17.6 Å². The van der Waals surface area contributed by atoms with E-state index >= 15 is 0 Å². The minimum absolute atomic E-state index is 0.244. The molecule has 2 heterocycles. The Morgan fingerprint density at radius 2 is 2.00 bits per heavy atom. The summed E-state index contributed by atoms with van der Waals surface area (Å²) in [7, 11) is 0. The van der Waals surface area contributed by atoms with Crippen LogP contribution in [0, 0.1) is 6.92 Å². The molecule has 0 saturated heterocycles. The fourth-order valence-corrected chi connectivity index (χ4v) is 4.02. The van der Waals surface area contributed by atoms with Gasteiger partial charge in [-0.3, -0.25) is 0 Å². The first-order valence-electron chi connectivity index (χ1n) is 10.4. The second kappa shape index (κ2) is 8.19. The van der Waals surface area contributed by atoms with E-state index in [1.54, 1.807) is 0 Å². The van der Waals surface area contributed by atoms with Crippen LogP contribution >= 0.6 is 0 Å². The number of fused-ring (bicyclic) bond motifs is 2. The lowest BCUT2D eigenvalue weighted by molar-refractivity contribution is 0.0258.